The summed E-state index contributed by atoms with van der Waals surface area (Å²) in [5, 5.41) is 0.995. The van der Waals surface area contributed by atoms with Crippen LogP contribution in [0.25, 0.3) is 22.7 Å². The van der Waals surface area contributed by atoms with E-state index < -0.39 is 0 Å². The van der Waals surface area contributed by atoms with E-state index in [-0.39, 0.29) is 17.4 Å². The van der Waals surface area contributed by atoms with Crippen LogP contribution in [0.4, 0.5) is 4.39 Å². The van der Waals surface area contributed by atoms with Crippen molar-refractivity contribution in [3.63, 3.8) is 0 Å². The monoisotopic (exact) mass is 627 g/mol. The molecule has 0 amide bonds. The minimum Gasteiger partial charge on any atom is -0.493 e. The van der Waals surface area contributed by atoms with Gasteiger partial charge in [0.15, 0.2) is 16.3 Å². The summed E-state index contributed by atoms with van der Waals surface area (Å²) in [6.45, 7) is 0.383. The lowest BCUT2D eigenvalue weighted by Gasteiger charge is -2.31. The van der Waals surface area contributed by atoms with E-state index in [0.29, 0.717) is 32.9 Å². The van der Waals surface area contributed by atoms with Crippen LogP contribution in [0.1, 0.15) is 40.3 Å². The number of hydrogen-bond donors (Lipinski definition) is 0. The molecule has 6 nitrogen and oxygen atoms in total. The first kappa shape index (κ1) is 28.3. The van der Waals surface area contributed by atoms with E-state index in [1.807, 2.05) is 76.0 Å². The van der Waals surface area contributed by atoms with Gasteiger partial charge in [0.25, 0.3) is 5.56 Å². The first-order valence-electron chi connectivity index (χ1n) is 15.2. The topological polar surface area (TPSA) is 57.8 Å². The SMILES string of the molecule is COc1ccc([C@@H]2C3=C(N=c4s/c(=C\c5cn(Cc6ccccc6F)c6ccccc56)c(=O)n42)c2ccccc2CC3)cc1OC. The third-order valence-corrected chi connectivity index (χ3v) is 9.98. The Balaban J connectivity index is 1.33. The molecule has 0 fully saturated rings. The Morgan fingerprint density at radius 1 is 0.935 bits per heavy atom. The molecule has 0 radical (unpaired) electrons. The van der Waals surface area contributed by atoms with Gasteiger partial charge < -0.3 is 14.0 Å². The molecule has 46 heavy (non-hydrogen) atoms. The van der Waals surface area contributed by atoms with Crippen molar-refractivity contribution in [3.05, 3.63) is 156 Å². The quantitative estimate of drug-likeness (QED) is 0.213. The van der Waals surface area contributed by atoms with Crippen LogP contribution < -0.4 is 24.4 Å². The molecule has 0 saturated carbocycles. The van der Waals surface area contributed by atoms with Crippen LogP contribution >= 0.6 is 11.3 Å². The lowest BCUT2D eigenvalue weighted by atomic mass is 9.83. The lowest BCUT2D eigenvalue weighted by molar-refractivity contribution is 0.354. The highest BCUT2D eigenvalue weighted by Gasteiger charge is 2.33. The number of nitrogens with zero attached hydrogens (tertiary/aromatic N) is 3. The molecule has 0 bridgehead atoms. The number of rotatable bonds is 6. The highest BCUT2D eigenvalue weighted by atomic mass is 32.1. The van der Waals surface area contributed by atoms with Crippen molar-refractivity contribution >= 4 is 34.0 Å². The number of allylic oxidation sites excluding steroid dienone is 1. The zero-order valence-corrected chi connectivity index (χ0v) is 26.2. The normalized spacial score (nSPS) is 15.7. The summed E-state index contributed by atoms with van der Waals surface area (Å²) >= 11 is 1.40. The number of aryl methyl sites for hydroxylation is 1. The average Bonchev–Trinajstić information content (AvgIpc) is 3.60. The first-order chi connectivity index (χ1) is 22.5. The molecule has 228 valence electrons. The van der Waals surface area contributed by atoms with Crippen LogP contribution in [0.2, 0.25) is 0 Å². The van der Waals surface area contributed by atoms with E-state index in [9.17, 15) is 9.18 Å². The lowest BCUT2D eigenvalue weighted by Crippen LogP contribution is -2.38. The third-order valence-electron chi connectivity index (χ3n) is 9.00. The van der Waals surface area contributed by atoms with Gasteiger partial charge in [-0.15, -0.1) is 0 Å². The van der Waals surface area contributed by atoms with Gasteiger partial charge in [-0.1, -0.05) is 78.1 Å². The molecule has 1 aliphatic heterocycles. The summed E-state index contributed by atoms with van der Waals surface area (Å²) in [5.41, 5.74) is 7.75. The van der Waals surface area contributed by atoms with Crippen molar-refractivity contribution in [1.82, 2.24) is 9.13 Å². The molecule has 2 aliphatic rings. The summed E-state index contributed by atoms with van der Waals surface area (Å²) in [6, 6.07) is 28.8. The predicted octanol–water partition coefficient (Wildman–Crippen LogP) is 6.48. The van der Waals surface area contributed by atoms with Gasteiger partial charge in [-0.25, -0.2) is 9.38 Å². The number of thiazole rings is 1. The average molecular weight is 628 g/mol. The zero-order chi connectivity index (χ0) is 31.4. The van der Waals surface area contributed by atoms with Crippen LogP contribution in [0.5, 0.6) is 11.5 Å². The van der Waals surface area contributed by atoms with Crippen molar-refractivity contribution < 1.29 is 13.9 Å². The largest absolute Gasteiger partial charge is 0.493 e. The van der Waals surface area contributed by atoms with Crippen molar-refractivity contribution in [2.24, 2.45) is 4.99 Å². The summed E-state index contributed by atoms with van der Waals surface area (Å²) in [5.74, 6) is 1.00. The second kappa shape index (κ2) is 11.3. The van der Waals surface area contributed by atoms with Crippen molar-refractivity contribution in [2.75, 3.05) is 14.2 Å². The van der Waals surface area contributed by atoms with Crippen LogP contribution in [0, 0.1) is 5.82 Å². The van der Waals surface area contributed by atoms with E-state index in [1.165, 1.54) is 23.0 Å². The van der Waals surface area contributed by atoms with Gasteiger partial charge in [0, 0.05) is 33.8 Å². The van der Waals surface area contributed by atoms with Crippen LogP contribution in [-0.4, -0.2) is 23.4 Å². The highest BCUT2D eigenvalue weighted by molar-refractivity contribution is 7.07. The van der Waals surface area contributed by atoms with Crippen molar-refractivity contribution in [1.29, 1.82) is 0 Å². The van der Waals surface area contributed by atoms with E-state index in [2.05, 4.69) is 18.2 Å². The molecule has 0 N–H and O–H groups in total. The van der Waals surface area contributed by atoms with Crippen molar-refractivity contribution in [3.8, 4) is 11.5 Å². The molecular weight excluding hydrogens is 598 g/mol. The summed E-state index contributed by atoms with van der Waals surface area (Å²) in [6.07, 6.45) is 5.62. The van der Waals surface area contributed by atoms with Gasteiger partial charge in [-0.3, -0.25) is 9.36 Å². The maximum atomic E-state index is 14.6. The van der Waals surface area contributed by atoms with Gasteiger partial charge in [0.1, 0.15) is 5.82 Å². The van der Waals surface area contributed by atoms with E-state index in [1.54, 1.807) is 26.4 Å². The standard InChI is InChI=1S/C38H30FN3O3S/c1-44-32-18-16-24(19-33(32)45-2)36-29-17-15-23-9-3-5-12-28(23)35(29)40-38-42(36)37(43)34(46-38)20-26-22-41(31-14-8-6-11-27(26)31)21-25-10-4-7-13-30(25)39/h3-14,16,18-20,22,36H,15,17,21H2,1-2H3/b34-20-/t36-/m1/s1. The fourth-order valence-electron chi connectivity index (χ4n) is 6.82. The third kappa shape index (κ3) is 4.60. The maximum absolute atomic E-state index is 14.6. The fourth-order valence-corrected chi connectivity index (χ4v) is 7.81. The van der Waals surface area contributed by atoms with Gasteiger partial charge in [0.2, 0.25) is 0 Å². The first-order valence-corrected chi connectivity index (χ1v) is 16.0. The molecule has 8 rings (SSSR count). The molecule has 1 atom stereocenters. The molecule has 0 saturated heterocycles. The molecule has 6 aromatic rings. The summed E-state index contributed by atoms with van der Waals surface area (Å²) in [7, 11) is 3.24. The predicted molar refractivity (Wildman–Crippen MR) is 180 cm³/mol. The van der Waals surface area contributed by atoms with Crippen molar-refractivity contribution in [2.45, 2.75) is 25.4 Å². The van der Waals surface area contributed by atoms with Gasteiger partial charge in [-0.05, 0) is 59.9 Å². The molecule has 1 aliphatic carbocycles. The maximum Gasteiger partial charge on any atom is 0.271 e. The van der Waals surface area contributed by atoms with Gasteiger partial charge in [0.05, 0.1) is 37.0 Å². The number of halogens is 1. The summed E-state index contributed by atoms with van der Waals surface area (Å²) < 4.78 is 30.3. The van der Waals surface area contributed by atoms with E-state index >= 15 is 0 Å². The number of methoxy groups -OCH3 is 2. The zero-order valence-electron chi connectivity index (χ0n) is 25.4. The molecule has 2 aromatic heterocycles. The highest BCUT2D eigenvalue weighted by Crippen LogP contribution is 2.42. The number of fused-ring (bicyclic) bond motifs is 4. The number of ether oxygens (including phenoxy) is 2. The number of para-hydroxylation sites is 1. The Kier molecular flexibility index (Phi) is 6.95. The van der Waals surface area contributed by atoms with Crippen LogP contribution in [0.3, 0.4) is 0 Å². The minimum absolute atomic E-state index is 0.0973. The Hall–Kier alpha value is -5.21. The van der Waals surface area contributed by atoms with Gasteiger partial charge >= 0.3 is 0 Å². The summed E-state index contributed by atoms with van der Waals surface area (Å²) in [4.78, 5) is 20.2. The van der Waals surface area contributed by atoms with Crippen LogP contribution in [0.15, 0.2) is 113 Å². The van der Waals surface area contributed by atoms with E-state index in [4.69, 9.17) is 14.5 Å². The molecule has 8 heteroatoms. The smallest absolute Gasteiger partial charge is 0.271 e. The molecule has 3 heterocycles. The minimum atomic E-state index is -0.344. The van der Waals surface area contributed by atoms with E-state index in [0.717, 1.165) is 51.7 Å². The Bertz CT molecular complexity index is 2380. The number of benzene rings is 4. The molecule has 0 spiro atoms. The van der Waals surface area contributed by atoms with Crippen LogP contribution in [-0.2, 0) is 13.0 Å². The molecule has 4 aromatic carbocycles. The Morgan fingerprint density at radius 2 is 1.72 bits per heavy atom. The van der Waals surface area contributed by atoms with Gasteiger partial charge in [-0.2, -0.15) is 0 Å². The second-order valence-electron chi connectivity index (χ2n) is 11.5. The molecular formula is C38H30FN3O3S. The Labute approximate surface area is 268 Å². The number of aromatic nitrogens is 2. The Morgan fingerprint density at radius 3 is 2.57 bits per heavy atom. The second-order valence-corrected chi connectivity index (χ2v) is 12.6. The fraction of sp³-hybridized carbons (Fsp3) is 0.158. The number of hydrogen-bond acceptors (Lipinski definition) is 5. The molecule has 0 unspecified atom stereocenters.